The van der Waals surface area contributed by atoms with Gasteiger partial charge in [-0.2, -0.15) is 0 Å². The molecular formula is C14H21N5O2. The normalized spacial score (nSPS) is 18.6. The molecule has 7 heteroatoms. The maximum absolute atomic E-state index is 12.7. The van der Waals surface area contributed by atoms with Gasteiger partial charge in [0.1, 0.15) is 11.9 Å². The van der Waals surface area contributed by atoms with Gasteiger partial charge in [-0.15, -0.1) is 0 Å². The van der Waals surface area contributed by atoms with E-state index in [2.05, 4.69) is 20.6 Å². The SMILES string of the molecule is CNc1cnc(C(C)C)nc1C(=O)N1CCNC(=O)C1C. The number of hydrogen-bond donors (Lipinski definition) is 2. The lowest BCUT2D eigenvalue weighted by Crippen LogP contribution is -2.56. The number of amides is 2. The van der Waals surface area contributed by atoms with Crippen LogP contribution in [-0.2, 0) is 4.79 Å². The van der Waals surface area contributed by atoms with Gasteiger partial charge in [0.2, 0.25) is 5.91 Å². The van der Waals surface area contributed by atoms with Crippen LogP contribution in [0.5, 0.6) is 0 Å². The Morgan fingerprint density at radius 3 is 2.86 bits per heavy atom. The van der Waals surface area contributed by atoms with Crippen LogP contribution in [-0.4, -0.2) is 52.9 Å². The molecule has 0 spiro atoms. The molecule has 2 N–H and O–H groups in total. The molecule has 1 aliphatic heterocycles. The van der Waals surface area contributed by atoms with Crippen LogP contribution in [0.2, 0.25) is 0 Å². The molecule has 0 aromatic carbocycles. The highest BCUT2D eigenvalue weighted by molar-refractivity contribution is 6.00. The number of anilines is 1. The van der Waals surface area contributed by atoms with E-state index in [-0.39, 0.29) is 17.7 Å². The van der Waals surface area contributed by atoms with E-state index >= 15 is 0 Å². The van der Waals surface area contributed by atoms with Crippen LogP contribution >= 0.6 is 0 Å². The van der Waals surface area contributed by atoms with Gasteiger partial charge in [-0.05, 0) is 6.92 Å². The Kier molecular flexibility index (Phi) is 4.40. The van der Waals surface area contributed by atoms with E-state index in [4.69, 9.17) is 0 Å². The number of carbonyl (C=O) groups excluding carboxylic acids is 2. The van der Waals surface area contributed by atoms with Crippen LogP contribution in [0, 0.1) is 0 Å². The highest BCUT2D eigenvalue weighted by Crippen LogP contribution is 2.19. The van der Waals surface area contributed by atoms with Crippen molar-refractivity contribution < 1.29 is 9.59 Å². The second kappa shape index (κ2) is 6.07. The fourth-order valence-electron chi connectivity index (χ4n) is 2.22. The third-order valence-electron chi connectivity index (χ3n) is 3.56. The first-order valence-corrected chi connectivity index (χ1v) is 7.09. The van der Waals surface area contributed by atoms with Crippen LogP contribution in [0.25, 0.3) is 0 Å². The Bertz CT molecular complexity index is 558. The molecule has 1 saturated heterocycles. The zero-order valence-corrected chi connectivity index (χ0v) is 12.8. The maximum Gasteiger partial charge on any atom is 0.275 e. The fourth-order valence-corrected chi connectivity index (χ4v) is 2.22. The maximum atomic E-state index is 12.7. The second-order valence-corrected chi connectivity index (χ2v) is 5.36. The number of aromatic nitrogens is 2. The Morgan fingerprint density at radius 2 is 2.24 bits per heavy atom. The summed E-state index contributed by atoms with van der Waals surface area (Å²) in [6.07, 6.45) is 1.62. The summed E-state index contributed by atoms with van der Waals surface area (Å²) in [5.41, 5.74) is 0.889. The van der Waals surface area contributed by atoms with Gasteiger partial charge in [-0.1, -0.05) is 13.8 Å². The number of carbonyl (C=O) groups is 2. The van der Waals surface area contributed by atoms with Crippen molar-refractivity contribution >= 4 is 17.5 Å². The highest BCUT2D eigenvalue weighted by atomic mass is 16.2. The highest BCUT2D eigenvalue weighted by Gasteiger charge is 2.32. The standard InChI is InChI=1S/C14H21N5O2/c1-8(2)12-17-7-10(15-4)11(18-12)14(21)19-6-5-16-13(20)9(19)3/h7-9,15H,5-6H2,1-4H3,(H,16,20). The molecular weight excluding hydrogens is 270 g/mol. The summed E-state index contributed by atoms with van der Waals surface area (Å²) in [5.74, 6) is 0.362. The molecule has 7 nitrogen and oxygen atoms in total. The number of nitrogens with one attached hydrogen (secondary N) is 2. The molecule has 2 rings (SSSR count). The van der Waals surface area contributed by atoms with Crippen molar-refractivity contribution in [3.63, 3.8) is 0 Å². The van der Waals surface area contributed by atoms with Crippen LogP contribution in [0.1, 0.15) is 43.0 Å². The molecule has 1 unspecified atom stereocenters. The second-order valence-electron chi connectivity index (χ2n) is 5.36. The topological polar surface area (TPSA) is 87.2 Å². The first-order chi connectivity index (χ1) is 9.95. The van der Waals surface area contributed by atoms with Gasteiger partial charge < -0.3 is 15.5 Å². The summed E-state index contributed by atoms with van der Waals surface area (Å²) < 4.78 is 0. The lowest BCUT2D eigenvalue weighted by atomic mass is 10.1. The average Bonchev–Trinajstić information content (AvgIpc) is 2.48. The van der Waals surface area contributed by atoms with Gasteiger partial charge in [0.05, 0.1) is 11.9 Å². The molecule has 21 heavy (non-hydrogen) atoms. The van der Waals surface area contributed by atoms with Crippen molar-refractivity contribution in [3.8, 4) is 0 Å². The van der Waals surface area contributed by atoms with Crippen LogP contribution in [0.15, 0.2) is 6.20 Å². The number of nitrogens with zero attached hydrogens (tertiary/aromatic N) is 3. The lowest BCUT2D eigenvalue weighted by molar-refractivity contribution is -0.127. The van der Waals surface area contributed by atoms with Gasteiger partial charge in [-0.3, -0.25) is 9.59 Å². The molecule has 2 heterocycles. The van der Waals surface area contributed by atoms with E-state index in [1.807, 2.05) is 13.8 Å². The number of piperazine rings is 1. The summed E-state index contributed by atoms with van der Waals surface area (Å²) in [5, 5.41) is 5.68. The predicted molar refractivity (Wildman–Crippen MR) is 79.2 cm³/mol. The number of hydrogen-bond acceptors (Lipinski definition) is 5. The Labute approximate surface area is 124 Å². The summed E-state index contributed by atoms with van der Waals surface area (Å²) in [6.45, 7) is 6.61. The van der Waals surface area contributed by atoms with Crippen LogP contribution < -0.4 is 10.6 Å². The molecule has 1 aliphatic rings. The fraction of sp³-hybridized carbons (Fsp3) is 0.571. The van der Waals surface area contributed by atoms with Gasteiger partial charge >= 0.3 is 0 Å². The molecule has 2 amide bonds. The zero-order valence-electron chi connectivity index (χ0n) is 12.8. The lowest BCUT2D eigenvalue weighted by Gasteiger charge is -2.32. The van der Waals surface area contributed by atoms with Crippen LogP contribution in [0.3, 0.4) is 0 Å². The smallest absolute Gasteiger partial charge is 0.275 e. The Morgan fingerprint density at radius 1 is 1.52 bits per heavy atom. The molecule has 0 bridgehead atoms. The molecule has 0 saturated carbocycles. The van der Waals surface area contributed by atoms with E-state index in [0.29, 0.717) is 30.3 Å². The van der Waals surface area contributed by atoms with E-state index < -0.39 is 6.04 Å². The summed E-state index contributed by atoms with van der Waals surface area (Å²) in [4.78, 5) is 34.6. The van der Waals surface area contributed by atoms with Crippen LogP contribution in [0.4, 0.5) is 5.69 Å². The zero-order chi connectivity index (χ0) is 15.6. The molecule has 0 aliphatic carbocycles. The van der Waals surface area contributed by atoms with Gasteiger partial charge in [0.25, 0.3) is 5.91 Å². The first-order valence-electron chi connectivity index (χ1n) is 7.09. The third-order valence-corrected chi connectivity index (χ3v) is 3.56. The van der Waals surface area contributed by atoms with Crippen molar-refractivity contribution in [2.75, 3.05) is 25.5 Å². The van der Waals surface area contributed by atoms with E-state index in [9.17, 15) is 9.59 Å². The first kappa shape index (κ1) is 15.2. The summed E-state index contributed by atoms with van der Waals surface area (Å²) in [6, 6.07) is -0.492. The third kappa shape index (κ3) is 2.96. The van der Waals surface area contributed by atoms with Crippen molar-refractivity contribution in [1.29, 1.82) is 0 Å². The van der Waals surface area contributed by atoms with Gasteiger partial charge in [0, 0.05) is 26.1 Å². The summed E-state index contributed by atoms with van der Waals surface area (Å²) in [7, 11) is 1.72. The van der Waals surface area contributed by atoms with Gasteiger partial charge in [0.15, 0.2) is 5.69 Å². The molecule has 1 atom stereocenters. The van der Waals surface area contributed by atoms with E-state index in [0.717, 1.165) is 0 Å². The molecule has 114 valence electrons. The Balaban J connectivity index is 2.37. The minimum absolute atomic E-state index is 0.129. The minimum atomic E-state index is -0.492. The molecule has 1 aromatic rings. The van der Waals surface area contributed by atoms with Gasteiger partial charge in [-0.25, -0.2) is 9.97 Å². The van der Waals surface area contributed by atoms with E-state index in [1.54, 1.807) is 25.1 Å². The molecule has 1 fully saturated rings. The largest absolute Gasteiger partial charge is 0.385 e. The average molecular weight is 291 g/mol. The van der Waals surface area contributed by atoms with Crippen molar-refractivity contribution in [2.45, 2.75) is 32.7 Å². The summed E-state index contributed by atoms with van der Waals surface area (Å²) >= 11 is 0. The van der Waals surface area contributed by atoms with Crippen molar-refractivity contribution in [1.82, 2.24) is 20.2 Å². The molecule has 0 radical (unpaired) electrons. The monoisotopic (exact) mass is 291 g/mol. The molecule has 1 aromatic heterocycles. The Hall–Kier alpha value is -2.18. The quantitative estimate of drug-likeness (QED) is 0.851. The predicted octanol–water partition coefficient (Wildman–Crippen LogP) is 0.602. The van der Waals surface area contributed by atoms with Crippen molar-refractivity contribution in [3.05, 3.63) is 17.7 Å². The number of rotatable bonds is 3. The van der Waals surface area contributed by atoms with E-state index in [1.165, 1.54) is 0 Å². The minimum Gasteiger partial charge on any atom is -0.385 e. The van der Waals surface area contributed by atoms with Crippen molar-refractivity contribution in [2.24, 2.45) is 0 Å².